The molecule has 0 amide bonds. The van der Waals surface area contributed by atoms with Gasteiger partial charge in [0.25, 0.3) is 0 Å². The molecule has 2 aromatic heterocycles. The van der Waals surface area contributed by atoms with Gasteiger partial charge in [-0.25, -0.2) is 9.67 Å². The highest BCUT2D eigenvalue weighted by Gasteiger charge is 2.07. The lowest BCUT2D eigenvalue weighted by Gasteiger charge is -1.98. The van der Waals surface area contributed by atoms with Crippen molar-refractivity contribution in [2.24, 2.45) is 0 Å². The number of para-hydroxylation sites is 2. The molecule has 0 aliphatic rings. The number of aromatic amines is 1. The van der Waals surface area contributed by atoms with Crippen molar-refractivity contribution < 1.29 is 0 Å². The van der Waals surface area contributed by atoms with Crippen LogP contribution in [0.25, 0.3) is 11.0 Å². The van der Waals surface area contributed by atoms with Gasteiger partial charge in [0.05, 0.1) is 16.8 Å². The molecule has 92 valence electrons. The van der Waals surface area contributed by atoms with Crippen LogP contribution in [0.5, 0.6) is 0 Å². The van der Waals surface area contributed by atoms with E-state index in [0.717, 1.165) is 34.3 Å². The lowest BCUT2D eigenvalue weighted by molar-refractivity contribution is 0.581. The van der Waals surface area contributed by atoms with Gasteiger partial charge in [-0.1, -0.05) is 23.9 Å². The monoisotopic (exact) mass is 260 g/mol. The van der Waals surface area contributed by atoms with E-state index in [2.05, 4.69) is 25.5 Å². The molecule has 0 unspecified atom stereocenters. The lowest BCUT2D eigenvalue weighted by Crippen LogP contribution is -1.99. The molecular weight excluding hydrogens is 248 g/mol. The minimum absolute atomic E-state index is 0.731. The number of tetrazole rings is 1. The summed E-state index contributed by atoms with van der Waals surface area (Å²) in [5.41, 5.74) is 2.05. The SMILES string of the molecule is CCn1nnnc1SCc1nc2ccccc2[nH]1. The molecule has 0 aliphatic carbocycles. The average Bonchev–Trinajstić information content (AvgIpc) is 3.01. The van der Waals surface area contributed by atoms with E-state index in [0.29, 0.717) is 0 Å². The van der Waals surface area contributed by atoms with Gasteiger partial charge in [0, 0.05) is 6.54 Å². The summed E-state index contributed by atoms with van der Waals surface area (Å²) in [5.74, 6) is 1.67. The standard InChI is InChI=1S/C11H12N6S/c1-2-17-11(14-15-16-17)18-7-10-12-8-5-3-4-6-9(8)13-10/h3-6H,2,7H2,1H3,(H,12,13). The second-order valence-corrected chi connectivity index (χ2v) is 4.71. The Morgan fingerprint density at radius 2 is 2.22 bits per heavy atom. The number of imidazole rings is 1. The summed E-state index contributed by atoms with van der Waals surface area (Å²) in [4.78, 5) is 7.80. The predicted molar refractivity (Wildman–Crippen MR) is 69.1 cm³/mol. The van der Waals surface area contributed by atoms with Crippen LogP contribution in [0, 0.1) is 0 Å². The number of H-pyrrole nitrogens is 1. The first kappa shape index (κ1) is 11.2. The number of nitrogens with zero attached hydrogens (tertiary/aromatic N) is 5. The minimum atomic E-state index is 0.731. The second-order valence-electron chi connectivity index (χ2n) is 3.77. The summed E-state index contributed by atoms with van der Waals surface area (Å²) < 4.78 is 1.77. The van der Waals surface area contributed by atoms with Gasteiger partial charge in [-0.2, -0.15) is 0 Å². The molecule has 2 heterocycles. The number of hydrogen-bond donors (Lipinski definition) is 1. The van der Waals surface area contributed by atoms with Gasteiger partial charge in [-0.15, -0.1) is 5.10 Å². The van der Waals surface area contributed by atoms with Crippen molar-refractivity contribution in [2.45, 2.75) is 24.4 Å². The van der Waals surface area contributed by atoms with Crippen molar-refractivity contribution in [3.8, 4) is 0 Å². The zero-order valence-electron chi connectivity index (χ0n) is 9.87. The number of rotatable bonds is 4. The first-order valence-electron chi connectivity index (χ1n) is 5.69. The Morgan fingerprint density at radius 3 is 3.06 bits per heavy atom. The fraction of sp³-hybridized carbons (Fsp3) is 0.273. The number of thioether (sulfide) groups is 1. The third-order valence-corrected chi connectivity index (χ3v) is 3.54. The van der Waals surface area contributed by atoms with E-state index < -0.39 is 0 Å². The predicted octanol–water partition coefficient (Wildman–Crippen LogP) is 1.86. The quantitative estimate of drug-likeness (QED) is 0.725. The fourth-order valence-electron chi connectivity index (χ4n) is 1.71. The largest absolute Gasteiger partial charge is 0.341 e. The zero-order valence-corrected chi connectivity index (χ0v) is 10.7. The van der Waals surface area contributed by atoms with Crippen LogP contribution in [-0.4, -0.2) is 30.2 Å². The number of aromatic nitrogens is 6. The van der Waals surface area contributed by atoms with E-state index >= 15 is 0 Å². The molecule has 0 radical (unpaired) electrons. The van der Waals surface area contributed by atoms with Gasteiger partial charge in [-0.05, 0) is 29.5 Å². The Kier molecular flexibility index (Phi) is 2.97. The first-order chi connectivity index (χ1) is 8.86. The van der Waals surface area contributed by atoms with Crippen molar-refractivity contribution >= 4 is 22.8 Å². The summed E-state index contributed by atoms with van der Waals surface area (Å²) in [6, 6.07) is 8.00. The molecule has 7 heteroatoms. The topological polar surface area (TPSA) is 72.3 Å². The highest BCUT2D eigenvalue weighted by atomic mass is 32.2. The molecule has 0 saturated carbocycles. The Morgan fingerprint density at radius 1 is 1.33 bits per heavy atom. The third kappa shape index (κ3) is 2.08. The van der Waals surface area contributed by atoms with Crippen molar-refractivity contribution in [1.29, 1.82) is 0 Å². The van der Waals surface area contributed by atoms with E-state index in [1.54, 1.807) is 16.4 Å². The van der Waals surface area contributed by atoms with E-state index in [9.17, 15) is 0 Å². The Bertz CT molecular complexity index is 625. The Balaban J connectivity index is 1.77. The minimum Gasteiger partial charge on any atom is -0.341 e. The maximum Gasteiger partial charge on any atom is 0.209 e. The van der Waals surface area contributed by atoms with Gasteiger partial charge in [0.15, 0.2) is 0 Å². The molecular formula is C11H12N6S. The van der Waals surface area contributed by atoms with Crippen molar-refractivity contribution in [2.75, 3.05) is 0 Å². The van der Waals surface area contributed by atoms with Crippen LogP contribution in [0.3, 0.4) is 0 Å². The highest BCUT2D eigenvalue weighted by molar-refractivity contribution is 7.98. The molecule has 0 aliphatic heterocycles. The van der Waals surface area contributed by atoms with Crippen LogP contribution in [0.15, 0.2) is 29.4 Å². The smallest absolute Gasteiger partial charge is 0.209 e. The van der Waals surface area contributed by atoms with Crippen LogP contribution in [0.2, 0.25) is 0 Å². The molecule has 1 aromatic carbocycles. The second kappa shape index (κ2) is 4.77. The molecule has 3 rings (SSSR count). The molecule has 0 atom stereocenters. The number of hydrogen-bond acceptors (Lipinski definition) is 5. The van der Waals surface area contributed by atoms with Crippen LogP contribution in [0.4, 0.5) is 0 Å². The maximum atomic E-state index is 4.51. The summed E-state index contributed by atoms with van der Waals surface area (Å²) in [7, 11) is 0. The van der Waals surface area contributed by atoms with Crippen molar-refractivity contribution in [3.05, 3.63) is 30.1 Å². The van der Waals surface area contributed by atoms with Gasteiger partial charge in [-0.3, -0.25) is 0 Å². The normalized spacial score (nSPS) is 11.2. The zero-order chi connectivity index (χ0) is 12.4. The number of nitrogens with one attached hydrogen (secondary N) is 1. The Labute approximate surface area is 108 Å². The van der Waals surface area contributed by atoms with Crippen LogP contribution in [0.1, 0.15) is 12.7 Å². The van der Waals surface area contributed by atoms with Crippen LogP contribution >= 0.6 is 11.8 Å². The highest BCUT2D eigenvalue weighted by Crippen LogP contribution is 2.20. The maximum absolute atomic E-state index is 4.51. The summed E-state index contributed by atoms with van der Waals surface area (Å²) in [6.45, 7) is 2.79. The van der Waals surface area contributed by atoms with Crippen molar-refractivity contribution in [3.63, 3.8) is 0 Å². The van der Waals surface area contributed by atoms with E-state index in [4.69, 9.17) is 0 Å². The number of benzene rings is 1. The van der Waals surface area contributed by atoms with E-state index in [1.807, 2.05) is 31.2 Å². The fourth-order valence-corrected chi connectivity index (χ4v) is 2.52. The van der Waals surface area contributed by atoms with Crippen LogP contribution < -0.4 is 0 Å². The van der Waals surface area contributed by atoms with Gasteiger partial charge in [0.1, 0.15) is 5.82 Å². The van der Waals surface area contributed by atoms with Gasteiger partial charge >= 0.3 is 0 Å². The molecule has 6 nitrogen and oxygen atoms in total. The summed E-state index contributed by atoms with van der Waals surface area (Å²) in [6.07, 6.45) is 0. The van der Waals surface area contributed by atoms with E-state index in [-0.39, 0.29) is 0 Å². The van der Waals surface area contributed by atoms with Gasteiger partial charge in [0.2, 0.25) is 5.16 Å². The average molecular weight is 260 g/mol. The van der Waals surface area contributed by atoms with Crippen LogP contribution in [-0.2, 0) is 12.3 Å². The molecule has 0 spiro atoms. The molecule has 0 saturated heterocycles. The summed E-state index contributed by atoms with van der Waals surface area (Å²) in [5, 5.41) is 12.4. The van der Waals surface area contributed by atoms with Gasteiger partial charge < -0.3 is 4.98 Å². The number of aryl methyl sites for hydroxylation is 1. The van der Waals surface area contributed by atoms with Crippen molar-refractivity contribution in [1.82, 2.24) is 30.2 Å². The molecule has 18 heavy (non-hydrogen) atoms. The lowest BCUT2D eigenvalue weighted by atomic mass is 10.3. The molecule has 0 fully saturated rings. The molecule has 1 N–H and O–H groups in total. The first-order valence-corrected chi connectivity index (χ1v) is 6.68. The Hall–Kier alpha value is -1.89. The summed E-state index contributed by atoms with van der Waals surface area (Å²) >= 11 is 1.58. The molecule has 0 bridgehead atoms. The van der Waals surface area contributed by atoms with E-state index in [1.165, 1.54) is 0 Å². The molecule has 3 aromatic rings. The third-order valence-electron chi connectivity index (χ3n) is 2.57. The number of fused-ring (bicyclic) bond motifs is 1.